The molecule has 0 aliphatic carbocycles. The Morgan fingerprint density at radius 2 is 1.37 bits per heavy atom. The standard InChI is InChI=1S/C33H34N4O4/c34-29(38)19-11-4-12-20-37-23-27(31(39)35-22-24-13-5-1-6-14-24)21-28(33(37)41)36-32(40)30(25-15-7-2-8-16-25)26-17-9-3-10-18-26/h1-3,5-10,13-18,21,23,30H,4,11-12,19-20,22H2,(H2,34,38)(H,35,39)(H,36,40). The molecule has 0 saturated carbocycles. The van der Waals surface area contributed by atoms with Crippen molar-refractivity contribution in [1.82, 2.24) is 9.88 Å². The van der Waals surface area contributed by atoms with Crippen LogP contribution in [0.2, 0.25) is 0 Å². The van der Waals surface area contributed by atoms with E-state index in [1.807, 2.05) is 91.0 Å². The maximum Gasteiger partial charge on any atom is 0.274 e. The highest BCUT2D eigenvalue weighted by Gasteiger charge is 2.24. The SMILES string of the molecule is NC(=O)CCCCCn1cc(C(=O)NCc2ccccc2)cc(NC(=O)C(c2ccccc2)c2ccccc2)c1=O. The second kappa shape index (κ2) is 14.4. The van der Waals surface area contributed by atoms with Crippen LogP contribution in [0.25, 0.3) is 0 Å². The van der Waals surface area contributed by atoms with Gasteiger partial charge in [-0.1, -0.05) is 97.4 Å². The van der Waals surface area contributed by atoms with Gasteiger partial charge in [-0.05, 0) is 35.6 Å². The van der Waals surface area contributed by atoms with Gasteiger partial charge >= 0.3 is 0 Å². The molecule has 0 spiro atoms. The molecule has 3 aromatic carbocycles. The van der Waals surface area contributed by atoms with E-state index >= 15 is 0 Å². The second-order valence-corrected chi connectivity index (χ2v) is 9.83. The number of amides is 3. The molecule has 1 heterocycles. The molecule has 4 N–H and O–H groups in total. The van der Waals surface area contributed by atoms with Crippen LogP contribution in [0.5, 0.6) is 0 Å². The van der Waals surface area contributed by atoms with Gasteiger partial charge in [-0.2, -0.15) is 0 Å². The first-order valence-electron chi connectivity index (χ1n) is 13.7. The van der Waals surface area contributed by atoms with E-state index in [2.05, 4.69) is 10.6 Å². The van der Waals surface area contributed by atoms with Crippen LogP contribution in [0, 0.1) is 0 Å². The molecule has 4 aromatic rings. The first-order chi connectivity index (χ1) is 19.9. The lowest BCUT2D eigenvalue weighted by Crippen LogP contribution is -2.31. The van der Waals surface area contributed by atoms with E-state index in [1.165, 1.54) is 16.8 Å². The number of carbonyl (C=O) groups excluding carboxylic acids is 3. The number of hydrogen-bond donors (Lipinski definition) is 3. The summed E-state index contributed by atoms with van der Waals surface area (Å²) in [6, 6.07) is 29.6. The summed E-state index contributed by atoms with van der Waals surface area (Å²) in [5, 5.41) is 5.71. The molecule has 8 nitrogen and oxygen atoms in total. The van der Waals surface area contributed by atoms with Gasteiger partial charge in [0.25, 0.3) is 11.5 Å². The molecule has 3 amide bonds. The lowest BCUT2D eigenvalue weighted by Gasteiger charge is -2.19. The zero-order valence-corrected chi connectivity index (χ0v) is 22.8. The van der Waals surface area contributed by atoms with Gasteiger partial charge in [0.05, 0.1) is 11.5 Å². The lowest BCUT2D eigenvalue weighted by molar-refractivity contribution is -0.118. The van der Waals surface area contributed by atoms with Gasteiger partial charge in [-0.3, -0.25) is 19.2 Å². The summed E-state index contributed by atoms with van der Waals surface area (Å²) in [7, 11) is 0. The summed E-state index contributed by atoms with van der Waals surface area (Å²) < 4.78 is 1.44. The zero-order chi connectivity index (χ0) is 29.0. The summed E-state index contributed by atoms with van der Waals surface area (Å²) in [6.45, 7) is 0.638. The summed E-state index contributed by atoms with van der Waals surface area (Å²) in [4.78, 5) is 51.4. The summed E-state index contributed by atoms with van der Waals surface area (Å²) in [6.07, 6.45) is 3.69. The largest absolute Gasteiger partial charge is 0.370 e. The van der Waals surface area contributed by atoms with Crippen molar-refractivity contribution < 1.29 is 14.4 Å². The van der Waals surface area contributed by atoms with E-state index in [4.69, 9.17) is 5.73 Å². The third-order valence-corrected chi connectivity index (χ3v) is 6.75. The number of pyridine rings is 1. The molecule has 0 radical (unpaired) electrons. The molecule has 1 aromatic heterocycles. The number of aromatic nitrogens is 1. The monoisotopic (exact) mass is 550 g/mol. The molecule has 0 atom stereocenters. The van der Waals surface area contributed by atoms with Gasteiger partial charge in [0.2, 0.25) is 11.8 Å². The van der Waals surface area contributed by atoms with E-state index in [0.717, 1.165) is 16.7 Å². The minimum Gasteiger partial charge on any atom is -0.370 e. The fourth-order valence-electron chi connectivity index (χ4n) is 4.65. The quantitative estimate of drug-likeness (QED) is 0.211. The Morgan fingerprint density at radius 1 is 0.780 bits per heavy atom. The van der Waals surface area contributed by atoms with E-state index in [-0.39, 0.29) is 35.4 Å². The number of carbonyl (C=O) groups is 3. The van der Waals surface area contributed by atoms with Gasteiger partial charge in [0, 0.05) is 25.7 Å². The number of nitrogens with zero attached hydrogens (tertiary/aromatic N) is 1. The third kappa shape index (κ3) is 8.25. The van der Waals surface area contributed by atoms with E-state index < -0.39 is 11.5 Å². The van der Waals surface area contributed by atoms with Crippen molar-refractivity contribution >= 4 is 23.4 Å². The summed E-state index contributed by atoms with van der Waals surface area (Å²) >= 11 is 0. The molecule has 8 heteroatoms. The van der Waals surface area contributed by atoms with E-state index in [1.54, 1.807) is 0 Å². The minimum atomic E-state index is -0.658. The third-order valence-electron chi connectivity index (χ3n) is 6.75. The smallest absolute Gasteiger partial charge is 0.274 e. The minimum absolute atomic E-state index is 0.0244. The fourth-order valence-corrected chi connectivity index (χ4v) is 4.65. The Balaban J connectivity index is 1.61. The number of nitrogens with one attached hydrogen (secondary N) is 2. The highest BCUT2D eigenvalue weighted by Crippen LogP contribution is 2.26. The van der Waals surface area contributed by atoms with Crippen LogP contribution in [-0.4, -0.2) is 22.3 Å². The van der Waals surface area contributed by atoms with Crippen LogP contribution >= 0.6 is 0 Å². The number of nitrogens with two attached hydrogens (primary N) is 1. The van der Waals surface area contributed by atoms with Crippen LogP contribution in [-0.2, 0) is 22.7 Å². The number of aryl methyl sites for hydroxylation is 1. The Labute approximate surface area is 239 Å². The number of benzene rings is 3. The molecule has 4 rings (SSSR count). The number of anilines is 1. The molecule has 0 fully saturated rings. The summed E-state index contributed by atoms with van der Waals surface area (Å²) in [5.41, 5.74) is 7.59. The molecule has 0 aliphatic heterocycles. The molecular weight excluding hydrogens is 516 g/mol. The van der Waals surface area contributed by atoms with Crippen molar-refractivity contribution in [2.45, 2.75) is 44.7 Å². The predicted molar refractivity (Wildman–Crippen MR) is 159 cm³/mol. The van der Waals surface area contributed by atoms with Crippen molar-refractivity contribution in [2.24, 2.45) is 5.73 Å². The van der Waals surface area contributed by atoms with Crippen LogP contribution < -0.4 is 21.9 Å². The highest BCUT2D eigenvalue weighted by atomic mass is 16.2. The van der Waals surface area contributed by atoms with Crippen molar-refractivity contribution in [2.75, 3.05) is 5.32 Å². The first kappa shape index (κ1) is 29.0. The normalized spacial score (nSPS) is 10.8. The van der Waals surface area contributed by atoms with Gasteiger partial charge in [-0.15, -0.1) is 0 Å². The average molecular weight is 551 g/mol. The summed E-state index contributed by atoms with van der Waals surface area (Å²) in [5.74, 6) is -1.77. The maximum absolute atomic E-state index is 13.7. The topological polar surface area (TPSA) is 123 Å². The Bertz CT molecular complexity index is 1480. The van der Waals surface area contributed by atoms with Gasteiger partial charge in [0.15, 0.2) is 0 Å². The molecule has 0 saturated heterocycles. The van der Waals surface area contributed by atoms with Crippen molar-refractivity contribution in [3.05, 3.63) is 136 Å². The lowest BCUT2D eigenvalue weighted by atomic mass is 9.90. The predicted octanol–water partition coefficient (Wildman–Crippen LogP) is 4.59. The molecular formula is C33H34N4O4. The van der Waals surface area contributed by atoms with Crippen LogP contribution in [0.1, 0.15) is 58.6 Å². The van der Waals surface area contributed by atoms with Crippen LogP contribution in [0.15, 0.2) is 108 Å². The Hall–Kier alpha value is -4.98. The van der Waals surface area contributed by atoms with Gasteiger partial charge < -0.3 is 20.9 Å². The van der Waals surface area contributed by atoms with Crippen LogP contribution in [0.3, 0.4) is 0 Å². The highest BCUT2D eigenvalue weighted by molar-refractivity contribution is 6.00. The molecule has 0 aliphatic rings. The Morgan fingerprint density at radius 3 is 1.95 bits per heavy atom. The van der Waals surface area contributed by atoms with Gasteiger partial charge in [-0.25, -0.2) is 0 Å². The number of rotatable bonds is 13. The maximum atomic E-state index is 13.7. The van der Waals surface area contributed by atoms with Crippen molar-refractivity contribution in [1.29, 1.82) is 0 Å². The molecule has 0 unspecified atom stereocenters. The number of hydrogen-bond acceptors (Lipinski definition) is 4. The Kier molecular flexibility index (Phi) is 10.2. The second-order valence-electron chi connectivity index (χ2n) is 9.83. The number of primary amides is 1. The number of unbranched alkanes of at least 4 members (excludes halogenated alkanes) is 2. The van der Waals surface area contributed by atoms with E-state index in [0.29, 0.717) is 32.4 Å². The zero-order valence-electron chi connectivity index (χ0n) is 22.8. The van der Waals surface area contributed by atoms with Crippen LogP contribution in [0.4, 0.5) is 5.69 Å². The first-order valence-corrected chi connectivity index (χ1v) is 13.7. The van der Waals surface area contributed by atoms with Crippen molar-refractivity contribution in [3.8, 4) is 0 Å². The van der Waals surface area contributed by atoms with E-state index in [9.17, 15) is 19.2 Å². The average Bonchev–Trinajstić information content (AvgIpc) is 2.99. The van der Waals surface area contributed by atoms with Gasteiger partial charge in [0.1, 0.15) is 5.69 Å². The molecule has 41 heavy (non-hydrogen) atoms. The van der Waals surface area contributed by atoms with Crippen molar-refractivity contribution in [3.63, 3.8) is 0 Å². The molecule has 0 bridgehead atoms. The molecule has 210 valence electrons. The fraction of sp³-hybridized carbons (Fsp3) is 0.212.